The van der Waals surface area contributed by atoms with Crippen molar-refractivity contribution < 1.29 is 27.9 Å². The Labute approximate surface area is 310 Å². The summed E-state index contributed by atoms with van der Waals surface area (Å²) in [6.45, 7) is 15.3. The van der Waals surface area contributed by atoms with Gasteiger partial charge in [0.15, 0.2) is 5.12 Å². The molecule has 1 N–H and O–H groups in total. The Morgan fingerprint density at radius 1 is 0.848 bits per heavy atom. The standard InChI is InChI=1S/C16H16I2O2.C11H14OS.C4H10O2S.C4H8O.CH4/c1-10(2)7-11-3-5-12(6-4-11)20-13-8-14(17)16(19)15(18)9-13;1-9(2)11(12)13-8-10-6-4-3-5-7-10;1-4(2)7(3,5)6;1-4(2)3-5;/h3-6,8-10,19H,7H2,1-2H3;3-7,9H,8H2,1-2H3;4H,1-3H3;3-4H,1-2H3;1H4. The first-order valence-corrected chi connectivity index (χ1v) is 19.8. The molecule has 0 heterocycles. The van der Waals surface area contributed by atoms with Crippen LogP contribution in [0.1, 0.15) is 73.9 Å². The summed E-state index contributed by atoms with van der Waals surface area (Å²) in [5.74, 6) is 3.65. The van der Waals surface area contributed by atoms with Crippen molar-refractivity contribution in [2.24, 2.45) is 17.8 Å². The van der Waals surface area contributed by atoms with Gasteiger partial charge in [-0.2, -0.15) is 0 Å². The molecule has 6 nitrogen and oxygen atoms in total. The summed E-state index contributed by atoms with van der Waals surface area (Å²) in [6.07, 6.45) is 3.23. The van der Waals surface area contributed by atoms with E-state index in [-0.39, 0.29) is 29.6 Å². The highest BCUT2D eigenvalue weighted by molar-refractivity contribution is 14.1. The number of hydrogen-bond donors (Lipinski definition) is 1. The summed E-state index contributed by atoms with van der Waals surface area (Å²) in [6, 6.07) is 21.9. The lowest BCUT2D eigenvalue weighted by molar-refractivity contribution is -0.113. The number of ether oxygens (including phenoxy) is 1. The van der Waals surface area contributed by atoms with Crippen LogP contribution in [0.5, 0.6) is 17.2 Å². The lowest BCUT2D eigenvalue weighted by atomic mass is 10.0. The fourth-order valence-corrected chi connectivity index (χ4v) is 5.34. The van der Waals surface area contributed by atoms with Crippen LogP contribution in [0.2, 0.25) is 0 Å². The molecule has 0 fully saturated rings. The number of phenols is 1. The number of thioether (sulfide) groups is 1. The number of hydrogen-bond acceptors (Lipinski definition) is 7. The van der Waals surface area contributed by atoms with E-state index in [0.717, 1.165) is 37.1 Å². The van der Waals surface area contributed by atoms with Gasteiger partial charge in [-0.05, 0) is 107 Å². The molecule has 3 aromatic carbocycles. The van der Waals surface area contributed by atoms with E-state index in [9.17, 15) is 23.1 Å². The number of carbonyl (C=O) groups is 2. The second-order valence-electron chi connectivity index (χ2n) is 11.6. The number of rotatable bonds is 9. The molecule has 0 atom stereocenters. The van der Waals surface area contributed by atoms with Crippen molar-refractivity contribution in [3.05, 3.63) is 85.0 Å². The summed E-state index contributed by atoms with van der Waals surface area (Å²) < 4.78 is 28.1. The van der Waals surface area contributed by atoms with Crippen LogP contribution in [-0.4, -0.2) is 36.4 Å². The Bertz CT molecular complexity index is 1370. The molecule has 0 saturated heterocycles. The molecular weight excluding hydrogens is 846 g/mol. The number of aldehydes is 1. The largest absolute Gasteiger partial charge is 0.506 e. The Hall–Kier alpha value is -1.64. The van der Waals surface area contributed by atoms with Crippen LogP contribution in [0, 0.1) is 24.9 Å². The smallest absolute Gasteiger partial charge is 0.191 e. The van der Waals surface area contributed by atoms with Gasteiger partial charge in [-0.15, -0.1) is 0 Å². The molecule has 0 aliphatic heterocycles. The molecule has 10 heteroatoms. The third-order valence-electron chi connectivity index (χ3n) is 5.62. The number of sulfone groups is 1. The molecule has 0 spiro atoms. The highest BCUT2D eigenvalue weighted by Gasteiger charge is 2.09. The minimum atomic E-state index is -2.74. The van der Waals surface area contributed by atoms with Gasteiger partial charge in [0.2, 0.25) is 0 Å². The van der Waals surface area contributed by atoms with Gasteiger partial charge in [-0.25, -0.2) is 8.42 Å². The van der Waals surface area contributed by atoms with Crippen molar-refractivity contribution in [2.75, 3.05) is 6.26 Å². The summed E-state index contributed by atoms with van der Waals surface area (Å²) in [5.41, 5.74) is 2.53. The maximum absolute atomic E-state index is 11.3. The third-order valence-corrected chi connectivity index (χ3v) is 10.2. The molecule has 3 aromatic rings. The zero-order chi connectivity index (χ0) is 34.7. The first-order chi connectivity index (χ1) is 20.9. The fourth-order valence-electron chi connectivity index (χ4n) is 2.80. The molecule has 3 rings (SSSR count). The van der Waals surface area contributed by atoms with Crippen LogP contribution >= 0.6 is 56.9 Å². The number of phenolic OH excluding ortho intramolecular Hbond substituents is 1. The zero-order valence-corrected chi connectivity index (χ0v) is 33.7. The predicted octanol–water partition coefficient (Wildman–Crippen LogP) is 10.6. The van der Waals surface area contributed by atoms with E-state index < -0.39 is 9.84 Å². The lowest BCUT2D eigenvalue weighted by Crippen LogP contribution is -2.10. The van der Waals surface area contributed by atoms with E-state index in [2.05, 4.69) is 71.2 Å². The molecule has 0 bridgehead atoms. The Kier molecular flexibility index (Phi) is 24.7. The predicted molar refractivity (Wildman–Crippen MR) is 214 cm³/mol. The van der Waals surface area contributed by atoms with Gasteiger partial charge in [-0.1, -0.05) is 103 Å². The van der Waals surface area contributed by atoms with E-state index in [1.807, 2.05) is 82.3 Å². The van der Waals surface area contributed by atoms with Crippen LogP contribution in [0.3, 0.4) is 0 Å². The van der Waals surface area contributed by atoms with Crippen LogP contribution in [0.4, 0.5) is 0 Å². The minimum absolute atomic E-state index is 0. The van der Waals surface area contributed by atoms with Gasteiger partial charge >= 0.3 is 0 Å². The van der Waals surface area contributed by atoms with Crippen molar-refractivity contribution in [1.29, 1.82) is 0 Å². The highest BCUT2D eigenvalue weighted by Crippen LogP contribution is 2.33. The molecule has 0 unspecified atom stereocenters. The SMILES string of the molecule is C.CC(C)C(=O)SCc1ccccc1.CC(C)C=O.CC(C)Cc1ccc(Oc2cc(I)c(O)c(I)c2)cc1.CC(C)S(C)(=O)=O. The second kappa shape index (κ2) is 24.5. The van der Waals surface area contributed by atoms with Crippen molar-refractivity contribution in [2.45, 2.75) is 80.2 Å². The van der Waals surface area contributed by atoms with Gasteiger partial charge in [0, 0.05) is 23.8 Å². The van der Waals surface area contributed by atoms with Gasteiger partial charge in [0.05, 0.1) is 12.4 Å². The number of benzene rings is 3. The summed E-state index contributed by atoms with van der Waals surface area (Å²) in [7, 11) is -2.74. The maximum Gasteiger partial charge on any atom is 0.191 e. The highest BCUT2D eigenvalue weighted by atomic mass is 127. The third kappa shape index (κ3) is 22.0. The van der Waals surface area contributed by atoms with Crippen molar-refractivity contribution in [1.82, 2.24) is 0 Å². The van der Waals surface area contributed by atoms with E-state index in [1.54, 1.807) is 13.8 Å². The molecule has 0 aromatic heterocycles. The topological polar surface area (TPSA) is 97.7 Å². The molecule has 46 heavy (non-hydrogen) atoms. The van der Waals surface area contributed by atoms with Crippen molar-refractivity contribution in [3.8, 4) is 17.2 Å². The van der Waals surface area contributed by atoms with Gasteiger partial charge in [0.1, 0.15) is 33.4 Å². The van der Waals surface area contributed by atoms with Gasteiger partial charge in [0.25, 0.3) is 0 Å². The van der Waals surface area contributed by atoms with Crippen LogP contribution < -0.4 is 4.74 Å². The van der Waals surface area contributed by atoms with E-state index >= 15 is 0 Å². The number of carbonyl (C=O) groups excluding carboxylic acids is 2. The first-order valence-electron chi connectivity index (χ1n) is 14.7. The molecule has 0 aliphatic rings. The molecule has 0 amide bonds. The molecule has 0 aliphatic carbocycles. The zero-order valence-electron chi connectivity index (χ0n) is 27.7. The van der Waals surface area contributed by atoms with Crippen LogP contribution in [0.15, 0.2) is 66.7 Å². The number of halogens is 2. The minimum Gasteiger partial charge on any atom is -0.506 e. The first kappa shape index (κ1) is 46.5. The normalized spacial score (nSPS) is 10.5. The summed E-state index contributed by atoms with van der Waals surface area (Å²) >= 11 is 5.60. The lowest BCUT2D eigenvalue weighted by Gasteiger charge is -2.10. The maximum atomic E-state index is 11.3. The Balaban J connectivity index is 0. The van der Waals surface area contributed by atoms with Crippen LogP contribution in [-0.2, 0) is 31.6 Å². The van der Waals surface area contributed by atoms with Gasteiger partial charge in [-0.3, -0.25) is 4.79 Å². The van der Waals surface area contributed by atoms with E-state index in [4.69, 9.17) is 4.74 Å². The summed E-state index contributed by atoms with van der Waals surface area (Å²) in [4.78, 5) is 20.8. The second-order valence-corrected chi connectivity index (χ2v) is 17.5. The summed E-state index contributed by atoms with van der Waals surface area (Å²) in [5, 5.41) is 9.78. The molecule has 258 valence electrons. The molecule has 0 radical (unpaired) electrons. The van der Waals surface area contributed by atoms with Gasteiger partial charge < -0.3 is 14.6 Å². The average molecular weight is 899 g/mol. The quantitative estimate of drug-likeness (QED) is 0.169. The molecular formula is C36H52I2O6S2. The van der Waals surface area contributed by atoms with E-state index in [0.29, 0.717) is 11.7 Å². The van der Waals surface area contributed by atoms with E-state index in [1.165, 1.54) is 29.1 Å². The van der Waals surface area contributed by atoms with Crippen molar-refractivity contribution >= 4 is 78.2 Å². The molecule has 0 saturated carbocycles. The Morgan fingerprint density at radius 3 is 1.67 bits per heavy atom. The fraction of sp³-hybridized carbons (Fsp3) is 0.444. The number of aromatic hydroxyl groups is 1. The van der Waals surface area contributed by atoms with Crippen LogP contribution in [0.25, 0.3) is 0 Å². The Morgan fingerprint density at radius 2 is 1.30 bits per heavy atom. The average Bonchev–Trinajstić information content (AvgIpc) is 2.96. The monoisotopic (exact) mass is 898 g/mol. The van der Waals surface area contributed by atoms with Crippen molar-refractivity contribution in [3.63, 3.8) is 0 Å².